The van der Waals surface area contributed by atoms with Crippen molar-refractivity contribution >= 4 is 5.71 Å². The van der Waals surface area contributed by atoms with E-state index in [1.54, 1.807) is 11.0 Å². The molecule has 190 valence electrons. The minimum Gasteiger partial charge on any atom is -0.306 e. The van der Waals surface area contributed by atoms with Crippen LogP contribution in [0.4, 0.5) is 17.6 Å². The molecule has 3 aromatic rings. The molecule has 0 fully saturated rings. The lowest BCUT2D eigenvalue weighted by atomic mass is 9.90. The molecule has 3 atom stereocenters. The number of aliphatic imine (C=N–C) groups is 1. The van der Waals surface area contributed by atoms with Crippen LogP contribution in [0.3, 0.4) is 0 Å². The van der Waals surface area contributed by atoms with E-state index in [0.717, 1.165) is 30.2 Å². The van der Waals surface area contributed by atoms with E-state index in [2.05, 4.69) is 20.0 Å². The highest BCUT2D eigenvalue weighted by atomic mass is 19.1. The van der Waals surface area contributed by atoms with Crippen molar-refractivity contribution in [1.29, 1.82) is 0 Å². The van der Waals surface area contributed by atoms with E-state index >= 15 is 0 Å². The predicted octanol–water partition coefficient (Wildman–Crippen LogP) is 4.76. The highest BCUT2D eigenvalue weighted by Crippen LogP contribution is 2.30. The topological polar surface area (TPSA) is 72.3 Å². The van der Waals surface area contributed by atoms with Gasteiger partial charge in [-0.2, -0.15) is 5.10 Å². The Labute approximate surface area is 207 Å². The lowest BCUT2D eigenvalue weighted by Gasteiger charge is -2.35. The van der Waals surface area contributed by atoms with Gasteiger partial charge < -0.3 is 5.73 Å². The molecule has 0 saturated carbocycles. The molecule has 1 aliphatic rings. The number of hydrogen-bond acceptors (Lipinski definition) is 5. The van der Waals surface area contributed by atoms with Crippen molar-refractivity contribution in [2.75, 3.05) is 13.1 Å². The average molecular weight is 501 g/mol. The first-order valence-electron chi connectivity index (χ1n) is 11.7. The molecule has 1 aromatic heterocycles. The third-order valence-corrected chi connectivity index (χ3v) is 6.62. The zero-order valence-electron chi connectivity index (χ0n) is 20.1. The maximum Gasteiger partial charge on any atom is 0.137 e. The summed E-state index contributed by atoms with van der Waals surface area (Å²) in [7, 11) is 0. The predicted molar refractivity (Wildman–Crippen MR) is 129 cm³/mol. The third kappa shape index (κ3) is 5.88. The van der Waals surface area contributed by atoms with E-state index < -0.39 is 29.4 Å². The van der Waals surface area contributed by atoms with Crippen molar-refractivity contribution in [2.45, 2.75) is 44.9 Å². The van der Waals surface area contributed by atoms with Crippen molar-refractivity contribution in [2.24, 2.45) is 10.7 Å². The van der Waals surface area contributed by atoms with Gasteiger partial charge in [0.2, 0.25) is 0 Å². The van der Waals surface area contributed by atoms with Crippen LogP contribution in [0, 0.1) is 23.3 Å². The summed E-state index contributed by atoms with van der Waals surface area (Å²) in [6.45, 7) is 5.26. The molecule has 2 heterocycles. The molecule has 2 aromatic carbocycles. The number of nitrogens with zero attached hydrogens (tertiary/aromatic N) is 5. The Morgan fingerprint density at radius 2 is 1.69 bits per heavy atom. The van der Waals surface area contributed by atoms with Gasteiger partial charge in [0.05, 0.1) is 12.3 Å². The monoisotopic (exact) mass is 500 g/mol. The van der Waals surface area contributed by atoms with Gasteiger partial charge in [-0.15, -0.1) is 0 Å². The summed E-state index contributed by atoms with van der Waals surface area (Å²) in [6.07, 6.45) is 4.70. The van der Waals surface area contributed by atoms with Crippen LogP contribution < -0.4 is 5.73 Å². The molecule has 36 heavy (non-hydrogen) atoms. The Bertz CT molecular complexity index is 1260. The lowest BCUT2D eigenvalue weighted by molar-refractivity contribution is 0.198. The Morgan fingerprint density at radius 3 is 2.31 bits per heavy atom. The first kappa shape index (κ1) is 25.7. The van der Waals surface area contributed by atoms with Crippen LogP contribution in [0.1, 0.15) is 43.5 Å². The molecule has 1 aliphatic heterocycles. The first-order valence-corrected chi connectivity index (χ1v) is 11.7. The van der Waals surface area contributed by atoms with Crippen molar-refractivity contribution in [3.63, 3.8) is 0 Å². The summed E-state index contributed by atoms with van der Waals surface area (Å²) >= 11 is 0. The van der Waals surface area contributed by atoms with Crippen molar-refractivity contribution in [3.05, 3.63) is 95.1 Å². The zero-order chi connectivity index (χ0) is 25.8. The standard InChI is InChI=1S/C26H28F4N6/c1-16-4-3-9-35(13-25(16)34-26(31)21-8-6-19(28)11-24(21)30)17(2)22(12-36-15-32-14-33-36)20-7-5-18(27)10-23(20)29/h4-8,10-11,14-15,17,22,26H,3,9,12-13,31H2,1-2H3. The molecule has 4 rings (SSSR count). The normalized spacial score (nSPS) is 18.5. The molecular weight excluding hydrogens is 472 g/mol. The number of benzene rings is 2. The summed E-state index contributed by atoms with van der Waals surface area (Å²) in [6, 6.07) is 6.61. The highest BCUT2D eigenvalue weighted by Gasteiger charge is 2.30. The Hall–Kier alpha value is -3.37. The second-order valence-electron chi connectivity index (χ2n) is 8.96. The van der Waals surface area contributed by atoms with E-state index in [-0.39, 0.29) is 17.5 Å². The average Bonchev–Trinajstić information content (AvgIpc) is 3.27. The number of halogens is 4. The Balaban J connectivity index is 1.63. The summed E-state index contributed by atoms with van der Waals surface area (Å²) in [4.78, 5) is 10.7. The van der Waals surface area contributed by atoms with Gasteiger partial charge in [0, 0.05) is 42.7 Å². The molecule has 0 amide bonds. The van der Waals surface area contributed by atoms with Gasteiger partial charge in [0.1, 0.15) is 42.1 Å². The largest absolute Gasteiger partial charge is 0.306 e. The number of rotatable bonds is 7. The fourth-order valence-electron chi connectivity index (χ4n) is 4.53. The van der Waals surface area contributed by atoms with E-state index in [0.29, 0.717) is 30.9 Å². The maximum absolute atomic E-state index is 14.9. The fraction of sp³-hybridized carbons (Fsp3) is 0.346. The fourth-order valence-corrected chi connectivity index (χ4v) is 4.53. The third-order valence-electron chi connectivity index (χ3n) is 6.62. The molecule has 2 N–H and O–H groups in total. The Morgan fingerprint density at radius 1 is 1.03 bits per heavy atom. The molecule has 0 spiro atoms. The molecule has 3 unspecified atom stereocenters. The van der Waals surface area contributed by atoms with Gasteiger partial charge in [0.25, 0.3) is 0 Å². The smallest absolute Gasteiger partial charge is 0.137 e. The number of nitrogens with two attached hydrogens (primary N) is 1. The van der Waals surface area contributed by atoms with Crippen LogP contribution in [-0.2, 0) is 6.54 Å². The van der Waals surface area contributed by atoms with Crippen molar-refractivity contribution < 1.29 is 17.6 Å². The maximum atomic E-state index is 14.9. The molecule has 0 bridgehead atoms. The van der Waals surface area contributed by atoms with Crippen LogP contribution in [-0.4, -0.2) is 44.5 Å². The quantitative estimate of drug-likeness (QED) is 0.475. The van der Waals surface area contributed by atoms with Crippen LogP contribution >= 0.6 is 0 Å². The van der Waals surface area contributed by atoms with Gasteiger partial charge in [-0.1, -0.05) is 12.1 Å². The van der Waals surface area contributed by atoms with Gasteiger partial charge in [-0.3, -0.25) is 14.6 Å². The Kier molecular flexibility index (Phi) is 7.95. The number of hydrogen-bond donors (Lipinski definition) is 1. The molecular formula is C26H28F4N6. The summed E-state index contributed by atoms with van der Waals surface area (Å²) in [5.41, 5.74) is 8.22. The van der Waals surface area contributed by atoms with E-state index in [1.165, 1.54) is 24.5 Å². The van der Waals surface area contributed by atoms with E-state index in [9.17, 15) is 17.6 Å². The van der Waals surface area contributed by atoms with Gasteiger partial charge in [0.15, 0.2) is 0 Å². The van der Waals surface area contributed by atoms with Gasteiger partial charge in [-0.25, -0.2) is 22.5 Å². The second-order valence-corrected chi connectivity index (χ2v) is 8.96. The lowest BCUT2D eigenvalue weighted by Crippen LogP contribution is -2.42. The van der Waals surface area contributed by atoms with Crippen molar-refractivity contribution in [3.8, 4) is 0 Å². The van der Waals surface area contributed by atoms with Gasteiger partial charge >= 0.3 is 0 Å². The van der Waals surface area contributed by atoms with Gasteiger partial charge in [-0.05, 0) is 49.6 Å². The van der Waals surface area contributed by atoms with Crippen LogP contribution in [0.25, 0.3) is 0 Å². The van der Waals surface area contributed by atoms with Crippen LogP contribution in [0.15, 0.2) is 65.7 Å². The van der Waals surface area contributed by atoms with Crippen LogP contribution in [0.5, 0.6) is 0 Å². The van der Waals surface area contributed by atoms with Crippen LogP contribution in [0.2, 0.25) is 0 Å². The minimum absolute atomic E-state index is 0.0954. The molecule has 0 saturated heterocycles. The highest BCUT2D eigenvalue weighted by molar-refractivity contribution is 6.01. The number of aromatic nitrogens is 3. The summed E-state index contributed by atoms with van der Waals surface area (Å²) in [5, 5.41) is 4.17. The second kappa shape index (κ2) is 11.1. The van der Waals surface area contributed by atoms with E-state index in [1.807, 2.05) is 19.9 Å². The molecule has 0 aliphatic carbocycles. The molecule has 6 nitrogen and oxygen atoms in total. The zero-order valence-corrected chi connectivity index (χ0v) is 20.1. The minimum atomic E-state index is -1.01. The van der Waals surface area contributed by atoms with E-state index in [4.69, 9.17) is 5.73 Å². The summed E-state index contributed by atoms with van der Waals surface area (Å²) in [5.74, 6) is -3.09. The SMILES string of the molecule is CC1=CCCN(C(C)C(Cn2cncn2)c2ccc(F)cc2F)CC1=NC(N)c1ccc(F)cc1F. The molecule has 10 heteroatoms. The summed E-state index contributed by atoms with van der Waals surface area (Å²) < 4.78 is 57.8. The molecule has 0 radical (unpaired) electrons. The first-order chi connectivity index (χ1) is 17.2. The van der Waals surface area contributed by atoms with Crippen molar-refractivity contribution in [1.82, 2.24) is 19.7 Å².